The first-order valence-corrected chi connectivity index (χ1v) is 7.41. The fourth-order valence-corrected chi connectivity index (χ4v) is 2.98. The minimum Gasteiger partial charge on any atom is -0.479 e. The molecule has 1 atom stereocenters. The molecule has 0 aromatic heterocycles. The molecule has 0 unspecified atom stereocenters. The summed E-state index contributed by atoms with van der Waals surface area (Å²) in [7, 11) is 1.72. The van der Waals surface area contributed by atoms with E-state index in [9.17, 15) is 9.59 Å². The number of fused-ring (bicyclic) bond motifs is 1. The Morgan fingerprint density at radius 1 is 1.33 bits per heavy atom. The van der Waals surface area contributed by atoms with Crippen molar-refractivity contribution < 1.29 is 14.3 Å². The molecule has 2 heterocycles. The molecule has 112 valence electrons. The third-order valence-electron chi connectivity index (χ3n) is 4.30. The molecule has 2 aliphatic rings. The second-order valence-electron chi connectivity index (χ2n) is 5.73. The van der Waals surface area contributed by atoms with Gasteiger partial charge in [-0.2, -0.15) is 0 Å². The van der Waals surface area contributed by atoms with E-state index >= 15 is 0 Å². The quantitative estimate of drug-likeness (QED) is 0.840. The number of nitrogens with zero attached hydrogens (tertiary/aromatic N) is 1. The molecule has 5 heteroatoms. The molecule has 21 heavy (non-hydrogen) atoms. The van der Waals surface area contributed by atoms with Gasteiger partial charge in [0.15, 0.2) is 11.9 Å². The number of hydrogen-bond acceptors (Lipinski definition) is 4. The molecule has 1 aromatic rings. The molecule has 0 radical (unpaired) electrons. The van der Waals surface area contributed by atoms with Crippen molar-refractivity contribution >= 4 is 17.4 Å². The Morgan fingerprint density at radius 3 is 2.76 bits per heavy atom. The van der Waals surface area contributed by atoms with E-state index in [2.05, 4.69) is 5.32 Å². The van der Waals surface area contributed by atoms with Gasteiger partial charge in [0.1, 0.15) is 5.75 Å². The van der Waals surface area contributed by atoms with Gasteiger partial charge in [-0.3, -0.25) is 9.59 Å². The lowest BCUT2D eigenvalue weighted by Gasteiger charge is -2.30. The average molecular weight is 288 g/mol. The van der Waals surface area contributed by atoms with Gasteiger partial charge >= 0.3 is 0 Å². The van der Waals surface area contributed by atoms with E-state index in [0.717, 1.165) is 25.9 Å². The lowest BCUT2D eigenvalue weighted by Crippen LogP contribution is -2.42. The fraction of sp³-hybridized carbons (Fsp3) is 0.500. The van der Waals surface area contributed by atoms with E-state index in [1.807, 2.05) is 0 Å². The van der Waals surface area contributed by atoms with Gasteiger partial charge in [0.05, 0.1) is 5.69 Å². The normalized spacial score (nSPS) is 22.7. The van der Waals surface area contributed by atoms with Crippen LogP contribution in [0.3, 0.4) is 0 Å². The Morgan fingerprint density at radius 2 is 2.05 bits per heavy atom. The highest BCUT2D eigenvalue weighted by Crippen LogP contribution is 2.34. The van der Waals surface area contributed by atoms with Crippen LogP contribution < -0.4 is 15.0 Å². The predicted molar refractivity (Wildman–Crippen MR) is 79.9 cm³/mol. The minimum absolute atomic E-state index is 0.0775. The van der Waals surface area contributed by atoms with Crippen molar-refractivity contribution in [1.29, 1.82) is 0 Å². The third kappa shape index (κ3) is 2.53. The lowest BCUT2D eigenvalue weighted by atomic mass is 9.89. The molecule has 2 aliphatic heterocycles. The van der Waals surface area contributed by atoms with Crippen LogP contribution in [0.5, 0.6) is 5.75 Å². The summed E-state index contributed by atoms with van der Waals surface area (Å²) in [6.45, 7) is 3.51. The number of ketones is 1. The molecule has 3 rings (SSSR count). The van der Waals surface area contributed by atoms with Crippen molar-refractivity contribution in [3.63, 3.8) is 0 Å². The smallest absolute Gasteiger partial charge is 0.267 e. The first kappa shape index (κ1) is 14.1. The van der Waals surface area contributed by atoms with Gasteiger partial charge in [0.2, 0.25) is 0 Å². The number of carbonyl (C=O) groups is 2. The number of Topliss-reactive ketones (excluding diaryl/α,β-unsaturated/α-hetero) is 1. The molecule has 5 nitrogen and oxygen atoms in total. The number of benzene rings is 1. The number of amides is 1. The molecule has 1 N–H and O–H groups in total. The van der Waals surface area contributed by atoms with Crippen molar-refractivity contribution in [3.8, 4) is 5.75 Å². The molecule has 1 fully saturated rings. The van der Waals surface area contributed by atoms with E-state index in [1.165, 1.54) is 0 Å². The highest BCUT2D eigenvalue weighted by Gasteiger charge is 2.30. The Labute approximate surface area is 124 Å². The predicted octanol–water partition coefficient (Wildman–Crippen LogP) is 1.61. The van der Waals surface area contributed by atoms with E-state index in [-0.39, 0.29) is 17.6 Å². The molecule has 1 aromatic carbocycles. The topological polar surface area (TPSA) is 58.6 Å². The second kappa shape index (κ2) is 5.48. The standard InChI is InChI=1S/C16H20N2O3/c1-10-16(20)18(2)13-9-12(3-4-14(13)21-10)15(19)11-5-7-17-8-6-11/h3-4,9-11,17H,5-8H2,1-2H3/t10-/m1/s1. The summed E-state index contributed by atoms with van der Waals surface area (Å²) in [6, 6.07) is 5.38. The van der Waals surface area contributed by atoms with Crippen LogP contribution in [-0.4, -0.2) is 37.9 Å². The average Bonchev–Trinajstić information content (AvgIpc) is 2.53. The summed E-state index contributed by atoms with van der Waals surface area (Å²) in [5, 5.41) is 3.26. The SMILES string of the molecule is C[C@H]1Oc2ccc(C(=O)C3CCNCC3)cc2N(C)C1=O. The van der Waals surface area contributed by atoms with Crippen LogP contribution >= 0.6 is 0 Å². The largest absolute Gasteiger partial charge is 0.479 e. The van der Waals surface area contributed by atoms with E-state index < -0.39 is 6.10 Å². The number of carbonyl (C=O) groups excluding carboxylic acids is 2. The molecule has 0 aliphatic carbocycles. The van der Waals surface area contributed by atoms with Gasteiger partial charge in [0, 0.05) is 18.5 Å². The van der Waals surface area contributed by atoms with E-state index in [4.69, 9.17) is 4.74 Å². The monoisotopic (exact) mass is 288 g/mol. The van der Waals surface area contributed by atoms with Crippen molar-refractivity contribution in [2.24, 2.45) is 5.92 Å². The summed E-state index contributed by atoms with van der Waals surface area (Å²) >= 11 is 0. The van der Waals surface area contributed by atoms with Gasteiger partial charge < -0.3 is 15.0 Å². The zero-order chi connectivity index (χ0) is 15.0. The Hall–Kier alpha value is -1.88. The van der Waals surface area contributed by atoms with Crippen LogP contribution in [0.4, 0.5) is 5.69 Å². The molecular formula is C16H20N2O3. The molecule has 0 bridgehead atoms. The maximum Gasteiger partial charge on any atom is 0.267 e. The Bertz CT molecular complexity index is 579. The van der Waals surface area contributed by atoms with Gasteiger partial charge in [-0.1, -0.05) is 0 Å². The van der Waals surface area contributed by atoms with Crippen molar-refractivity contribution in [3.05, 3.63) is 23.8 Å². The molecule has 0 saturated carbocycles. The minimum atomic E-state index is -0.478. The molecule has 0 spiro atoms. The third-order valence-corrected chi connectivity index (χ3v) is 4.30. The van der Waals surface area contributed by atoms with Crippen LogP contribution in [0.15, 0.2) is 18.2 Å². The van der Waals surface area contributed by atoms with Crippen LogP contribution in [-0.2, 0) is 4.79 Å². The first-order chi connectivity index (χ1) is 10.1. The van der Waals surface area contributed by atoms with Crippen LogP contribution in [0.2, 0.25) is 0 Å². The summed E-state index contributed by atoms with van der Waals surface area (Å²) in [4.78, 5) is 26.1. The van der Waals surface area contributed by atoms with Crippen LogP contribution in [0.25, 0.3) is 0 Å². The number of piperidine rings is 1. The number of rotatable bonds is 2. The van der Waals surface area contributed by atoms with Gasteiger partial charge in [-0.15, -0.1) is 0 Å². The lowest BCUT2D eigenvalue weighted by molar-refractivity contribution is -0.125. The van der Waals surface area contributed by atoms with Gasteiger partial charge in [-0.05, 0) is 51.1 Å². The highest BCUT2D eigenvalue weighted by atomic mass is 16.5. The first-order valence-electron chi connectivity index (χ1n) is 7.41. The highest BCUT2D eigenvalue weighted by molar-refractivity contribution is 6.03. The summed E-state index contributed by atoms with van der Waals surface area (Å²) < 4.78 is 5.58. The molecular weight excluding hydrogens is 268 g/mol. The zero-order valence-electron chi connectivity index (χ0n) is 12.4. The second-order valence-corrected chi connectivity index (χ2v) is 5.73. The van der Waals surface area contributed by atoms with E-state index in [1.54, 1.807) is 37.1 Å². The van der Waals surface area contributed by atoms with Gasteiger partial charge in [0.25, 0.3) is 5.91 Å². The summed E-state index contributed by atoms with van der Waals surface area (Å²) in [5.74, 6) is 0.813. The number of likely N-dealkylation sites (N-methyl/N-ethyl adjacent to an activating group) is 1. The van der Waals surface area contributed by atoms with E-state index in [0.29, 0.717) is 17.0 Å². The summed E-state index contributed by atoms with van der Waals surface area (Å²) in [6.07, 6.45) is 1.27. The van der Waals surface area contributed by atoms with Crippen LogP contribution in [0.1, 0.15) is 30.1 Å². The number of hydrogen-bond donors (Lipinski definition) is 1. The maximum absolute atomic E-state index is 12.6. The zero-order valence-corrected chi connectivity index (χ0v) is 12.4. The van der Waals surface area contributed by atoms with Crippen molar-refractivity contribution in [1.82, 2.24) is 5.32 Å². The number of ether oxygens (including phenoxy) is 1. The summed E-state index contributed by atoms with van der Waals surface area (Å²) in [5.41, 5.74) is 1.34. The maximum atomic E-state index is 12.6. The Kier molecular flexibility index (Phi) is 3.68. The van der Waals surface area contributed by atoms with Gasteiger partial charge in [-0.25, -0.2) is 0 Å². The number of nitrogens with one attached hydrogen (secondary N) is 1. The van der Waals surface area contributed by atoms with Crippen molar-refractivity contribution in [2.45, 2.75) is 25.9 Å². The van der Waals surface area contributed by atoms with Crippen molar-refractivity contribution in [2.75, 3.05) is 25.0 Å². The molecule has 1 saturated heterocycles. The number of anilines is 1. The Balaban J connectivity index is 1.88. The van der Waals surface area contributed by atoms with Crippen LogP contribution in [0, 0.1) is 5.92 Å². The molecule has 1 amide bonds. The fourth-order valence-electron chi connectivity index (χ4n) is 2.98.